The molecule has 0 bridgehead atoms. The van der Waals surface area contributed by atoms with Crippen LogP contribution in [0.15, 0.2) is 17.1 Å². The van der Waals surface area contributed by atoms with Crippen LogP contribution >= 0.6 is 22.9 Å². The Kier molecular flexibility index (Phi) is 4.86. The zero-order valence-electron chi connectivity index (χ0n) is 10.4. The number of hydrogen-bond donors (Lipinski definition) is 3. The van der Waals surface area contributed by atoms with Crippen LogP contribution in [0, 0.1) is 0 Å². The van der Waals surface area contributed by atoms with Crippen molar-refractivity contribution in [1.29, 1.82) is 0 Å². The van der Waals surface area contributed by atoms with Crippen LogP contribution < -0.4 is 16.6 Å². The molecule has 1 aromatic heterocycles. The first-order chi connectivity index (χ1) is 8.69. The minimum absolute atomic E-state index is 0.152. The third-order valence-corrected chi connectivity index (χ3v) is 4.56. The summed E-state index contributed by atoms with van der Waals surface area (Å²) in [4.78, 5) is 5.78. The van der Waals surface area contributed by atoms with Gasteiger partial charge in [-0.15, -0.1) is 11.3 Å². The molecular weight excluding hydrogens is 268 g/mol. The number of nitrogens with two attached hydrogens (primary N) is 1. The van der Waals surface area contributed by atoms with Gasteiger partial charge in [0.1, 0.15) is 0 Å². The van der Waals surface area contributed by atoms with Gasteiger partial charge in [0.05, 0.1) is 16.4 Å². The van der Waals surface area contributed by atoms with Crippen molar-refractivity contribution < 1.29 is 0 Å². The highest BCUT2D eigenvalue weighted by atomic mass is 35.5. The molecule has 1 aliphatic rings. The molecule has 2 rings (SSSR count). The van der Waals surface area contributed by atoms with Crippen molar-refractivity contribution in [3.63, 3.8) is 0 Å². The van der Waals surface area contributed by atoms with Crippen molar-refractivity contribution in [3.05, 3.63) is 21.3 Å². The number of halogens is 1. The van der Waals surface area contributed by atoms with Gasteiger partial charge in [-0.3, -0.25) is 5.43 Å². The maximum Gasteiger partial charge on any atom is 0.206 e. The van der Waals surface area contributed by atoms with E-state index >= 15 is 0 Å². The van der Waals surface area contributed by atoms with Gasteiger partial charge in [0, 0.05) is 4.88 Å². The van der Waals surface area contributed by atoms with Gasteiger partial charge < -0.3 is 5.32 Å². The van der Waals surface area contributed by atoms with E-state index in [-0.39, 0.29) is 6.04 Å². The normalized spacial score (nSPS) is 18.9. The Hall–Kier alpha value is -0.780. The van der Waals surface area contributed by atoms with Crippen LogP contribution in [-0.2, 0) is 0 Å². The van der Waals surface area contributed by atoms with Gasteiger partial charge >= 0.3 is 0 Å². The molecule has 1 atom stereocenters. The molecule has 1 aromatic rings. The number of hydrazine groups is 1. The molecule has 1 aliphatic carbocycles. The van der Waals surface area contributed by atoms with Gasteiger partial charge in [-0.05, 0) is 31.9 Å². The fourth-order valence-electron chi connectivity index (χ4n) is 2.17. The Morgan fingerprint density at radius 3 is 2.78 bits per heavy atom. The minimum Gasteiger partial charge on any atom is -0.348 e. The number of guanidine groups is 1. The SMILES string of the molecule is CC(NC(=NC1CCCC1)NN)c1ccc(Cl)s1. The molecule has 4 N–H and O–H groups in total. The molecular formula is C12H19ClN4S. The van der Waals surface area contributed by atoms with Crippen molar-refractivity contribution in [2.75, 3.05) is 0 Å². The highest BCUT2D eigenvalue weighted by Crippen LogP contribution is 2.26. The first-order valence-corrected chi connectivity index (χ1v) is 7.44. The Morgan fingerprint density at radius 1 is 1.50 bits per heavy atom. The second-order valence-electron chi connectivity index (χ2n) is 4.57. The van der Waals surface area contributed by atoms with E-state index < -0.39 is 0 Å². The molecule has 1 saturated carbocycles. The molecule has 0 saturated heterocycles. The fourth-order valence-corrected chi connectivity index (χ4v) is 3.23. The van der Waals surface area contributed by atoms with Crippen LogP contribution in [0.4, 0.5) is 0 Å². The average Bonchev–Trinajstić information content (AvgIpc) is 2.99. The Labute approximate surface area is 117 Å². The third kappa shape index (κ3) is 3.60. The minimum atomic E-state index is 0.152. The molecule has 1 unspecified atom stereocenters. The van der Waals surface area contributed by atoms with E-state index in [1.807, 2.05) is 12.1 Å². The highest BCUT2D eigenvalue weighted by molar-refractivity contribution is 7.16. The van der Waals surface area contributed by atoms with Crippen LogP contribution in [0.25, 0.3) is 0 Å². The van der Waals surface area contributed by atoms with Crippen molar-refractivity contribution in [2.24, 2.45) is 10.8 Å². The summed E-state index contributed by atoms with van der Waals surface area (Å²) < 4.78 is 0.800. The van der Waals surface area contributed by atoms with E-state index in [2.05, 4.69) is 22.7 Å². The zero-order chi connectivity index (χ0) is 13.0. The summed E-state index contributed by atoms with van der Waals surface area (Å²) in [5.41, 5.74) is 2.65. The largest absolute Gasteiger partial charge is 0.348 e. The summed E-state index contributed by atoms with van der Waals surface area (Å²) in [6.45, 7) is 2.07. The lowest BCUT2D eigenvalue weighted by Crippen LogP contribution is -2.43. The van der Waals surface area contributed by atoms with Crippen LogP contribution in [0.1, 0.15) is 43.5 Å². The van der Waals surface area contributed by atoms with Crippen molar-refractivity contribution >= 4 is 28.9 Å². The van der Waals surface area contributed by atoms with E-state index in [0.717, 1.165) is 17.2 Å². The lowest BCUT2D eigenvalue weighted by molar-refractivity contribution is 0.658. The molecule has 0 aromatic carbocycles. The van der Waals surface area contributed by atoms with Crippen LogP contribution in [0.2, 0.25) is 4.34 Å². The topological polar surface area (TPSA) is 62.4 Å². The molecule has 1 fully saturated rings. The Balaban J connectivity index is 1.97. The number of nitrogens with one attached hydrogen (secondary N) is 2. The van der Waals surface area contributed by atoms with Crippen LogP contribution in [-0.4, -0.2) is 12.0 Å². The second kappa shape index (κ2) is 6.41. The molecule has 0 amide bonds. The second-order valence-corrected chi connectivity index (χ2v) is 6.31. The lowest BCUT2D eigenvalue weighted by atomic mass is 10.2. The first-order valence-electron chi connectivity index (χ1n) is 6.25. The summed E-state index contributed by atoms with van der Waals surface area (Å²) in [6, 6.07) is 4.49. The summed E-state index contributed by atoms with van der Waals surface area (Å²) >= 11 is 7.50. The van der Waals surface area contributed by atoms with Gasteiger partial charge in [-0.2, -0.15) is 0 Å². The van der Waals surface area contributed by atoms with Crippen molar-refractivity contribution in [1.82, 2.24) is 10.7 Å². The third-order valence-electron chi connectivity index (χ3n) is 3.15. The molecule has 0 spiro atoms. The number of nitrogens with zero attached hydrogens (tertiary/aromatic N) is 1. The van der Waals surface area contributed by atoms with Crippen molar-refractivity contribution in [2.45, 2.75) is 44.7 Å². The van der Waals surface area contributed by atoms with Gasteiger partial charge in [0.25, 0.3) is 0 Å². The van der Waals surface area contributed by atoms with E-state index in [1.165, 1.54) is 17.7 Å². The van der Waals surface area contributed by atoms with E-state index in [1.54, 1.807) is 11.3 Å². The summed E-state index contributed by atoms with van der Waals surface area (Å²) in [5, 5.41) is 3.29. The molecule has 4 nitrogen and oxygen atoms in total. The maximum absolute atomic E-state index is 5.93. The quantitative estimate of drug-likeness (QED) is 0.346. The number of aliphatic imine (C=N–C) groups is 1. The summed E-state index contributed by atoms with van der Waals surface area (Å²) in [6.07, 6.45) is 4.85. The zero-order valence-corrected chi connectivity index (χ0v) is 12.0. The number of thiophene rings is 1. The predicted molar refractivity (Wildman–Crippen MR) is 77.9 cm³/mol. The van der Waals surface area contributed by atoms with Gasteiger partial charge in [0.15, 0.2) is 0 Å². The van der Waals surface area contributed by atoms with E-state index in [4.69, 9.17) is 17.4 Å². The smallest absolute Gasteiger partial charge is 0.206 e. The van der Waals surface area contributed by atoms with Gasteiger partial charge in [-0.25, -0.2) is 10.8 Å². The van der Waals surface area contributed by atoms with E-state index in [9.17, 15) is 0 Å². The first kappa shape index (κ1) is 13.6. The fraction of sp³-hybridized carbons (Fsp3) is 0.583. The molecule has 0 aliphatic heterocycles. The van der Waals surface area contributed by atoms with Gasteiger partial charge in [-0.1, -0.05) is 24.4 Å². The van der Waals surface area contributed by atoms with Crippen LogP contribution in [0.5, 0.6) is 0 Å². The number of hydrogen-bond acceptors (Lipinski definition) is 3. The molecule has 100 valence electrons. The predicted octanol–water partition coefficient (Wildman–Crippen LogP) is 2.81. The maximum atomic E-state index is 5.93. The molecule has 18 heavy (non-hydrogen) atoms. The summed E-state index contributed by atoms with van der Waals surface area (Å²) in [5.74, 6) is 6.18. The molecule has 1 heterocycles. The van der Waals surface area contributed by atoms with Crippen LogP contribution in [0.3, 0.4) is 0 Å². The standard InChI is InChI=1S/C12H19ClN4S/c1-8(10-6-7-11(13)18-10)15-12(17-14)16-9-4-2-3-5-9/h6-9H,2-5,14H2,1H3,(H2,15,16,17). The van der Waals surface area contributed by atoms with Crippen molar-refractivity contribution in [3.8, 4) is 0 Å². The number of rotatable bonds is 3. The molecule has 6 heteroatoms. The average molecular weight is 287 g/mol. The lowest BCUT2D eigenvalue weighted by Gasteiger charge is -2.16. The monoisotopic (exact) mass is 286 g/mol. The van der Waals surface area contributed by atoms with E-state index in [0.29, 0.717) is 12.0 Å². The Morgan fingerprint density at radius 2 is 2.22 bits per heavy atom. The Bertz CT molecular complexity index is 412. The van der Waals surface area contributed by atoms with Gasteiger partial charge in [0.2, 0.25) is 5.96 Å². The highest BCUT2D eigenvalue weighted by Gasteiger charge is 2.16. The molecule has 0 radical (unpaired) electrons. The summed E-state index contributed by atoms with van der Waals surface area (Å²) in [7, 11) is 0.